The van der Waals surface area contributed by atoms with E-state index in [0.29, 0.717) is 13.0 Å². The summed E-state index contributed by atoms with van der Waals surface area (Å²) in [4.78, 5) is 14.4. The summed E-state index contributed by atoms with van der Waals surface area (Å²) in [5.74, 6) is -0.934. The maximum Gasteiger partial charge on any atom is 0.307 e. The summed E-state index contributed by atoms with van der Waals surface area (Å²) in [6.07, 6.45) is 1.70. The maximum atomic E-state index is 10.9. The molecule has 1 N–H and O–H groups in total. The van der Waals surface area contributed by atoms with Gasteiger partial charge in [-0.15, -0.1) is 11.3 Å². The summed E-state index contributed by atoms with van der Waals surface area (Å²) in [7, 11) is 1.99. The molecule has 0 spiro atoms. The number of carboxylic acids is 1. The fourth-order valence-electron chi connectivity index (χ4n) is 1.80. The minimum Gasteiger partial charge on any atom is -0.481 e. The van der Waals surface area contributed by atoms with Crippen molar-refractivity contribution in [2.24, 2.45) is 5.92 Å². The molecular weight excluding hydrogens is 234 g/mol. The number of aliphatic carboxylic acids is 1. The average molecular weight is 255 g/mol. The van der Waals surface area contributed by atoms with Gasteiger partial charge in [-0.05, 0) is 43.8 Å². The van der Waals surface area contributed by atoms with E-state index < -0.39 is 5.97 Å². The predicted octanol–water partition coefficient (Wildman–Crippen LogP) is 2.64. The van der Waals surface area contributed by atoms with E-state index in [1.54, 1.807) is 11.3 Å². The smallest absolute Gasteiger partial charge is 0.307 e. The van der Waals surface area contributed by atoms with E-state index in [1.807, 2.05) is 14.0 Å². The summed E-state index contributed by atoms with van der Waals surface area (Å²) < 4.78 is 0. The molecule has 1 atom stereocenters. The van der Waals surface area contributed by atoms with Gasteiger partial charge < -0.3 is 10.0 Å². The summed E-state index contributed by atoms with van der Waals surface area (Å²) in [5.41, 5.74) is 1.34. The molecule has 96 valence electrons. The van der Waals surface area contributed by atoms with Crippen LogP contribution >= 0.6 is 11.3 Å². The number of carbonyl (C=O) groups is 1. The van der Waals surface area contributed by atoms with Gasteiger partial charge in [-0.3, -0.25) is 4.79 Å². The highest BCUT2D eigenvalue weighted by molar-refractivity contribution is 7.10. The second kappa shape index (κ2) is 6.77. The number of carboxylic acid groups (broad SMARTS) is 1. The number of rotatable bonds is 7. The number of likely N-dealkylation sites (N-methyl/N-ethyl adjacent to an activating group) is 1. The van der Waals surface area contributed by atoms with Gasteiger partial charge in [-0.25, -0.2) is 0 Å². The highest BCUT2D eigenvalue weighted by Crippen LogP contribution is 2.16. The second-order valence-electron chi connectivity index (χ2n) is 4.48. The fourth-order valence-corrected chi connectivity index (χ4v) is 2.70. The Bertz CT molecular complexity index is 362. The SMILES string of the molecule is CCC(CN(C)CCc1sccc1C)C(=O)O. The predicted molar refractivity (Wildman–Crippen MR) is 71.7 cm³/mol. The quantitative estimate of drug-likeness (QED) is 0.814. The number of thiophene rings is 1. The summed E-state index contributed by atoms with van der Waals surface area (Å²) >= 11 is 1.78. The van der Waals surface area contributed by atoms with Gasteiger partial charge in [0.15, 0.2) is 0 Å². The summed E-state index contributed by atoms with van der Waals surface area (Å²) in [6.45, 7) is 5.61. The lowest BCUT2D eigenvalue weighted by atomic mass is 10.1. The number of hydrogen-bond donors (Lipinski definition) is 1. The molecule has 0 radical (unpaired) electrons. The van der Waals surface area contributed by atoms with Crippen LogP contribution in [0.15, 0.2) is 11.4 Å². The molecule has 0 fully saturated rings. The first-order valence-electron chi connectivity index (χ1n) is 5.99. The van der Waals surface area contributed by atoms with Crippen molar-refractivity contribution in [2.45, 2.75) is 26.7 Å². The molecular formula is C13H21NO2S. The Balaban J connectivity index is 2.37. The number of aryl methyl sites for hydroxylation is 1. The van der Waals surface area contributed by atoms with Crippen LogP contribution in [0.3, 0.4) is 0 Å². The molecule has 17 heavy (non-hydrogen) atoms. The lowest BCUT2D eigenvalue weighted by Crippen LogP contribution is -2.31. The van der Waals surface area contributed by atoms with Crippen LogP contribution in [-0.4, -0.2) is 36.1 Å². The average Bonchev–Trinajstić information content (AvgIpc) is 2.68. The summed E-state index contributed by atoms with van der Waals surface area (Å²) in [5, 5.41) is 11.1. The zero-order chi connectivity index (χ0) is 12.8. The largest absolute Gasteiger partial charge is 0.481 e. The third kappa shape index (κ3) is 4.48. The van der Waals surface area contributed by atoms with Gasteiger partial charge in [-0.2, -0.15) is 0 Å². The minimum atomic E-state index is -0.688. The van der Waals surface area contributed by atoms with Gasteiger partial charge in [-0.1, -0.05) is 6.92 Å². The van der Waals surface area contributed by atoms with Gasteiger partial charge in [0.2, 0.25) is 0 Å². The molecule has 3 nitrogen and oxygen atoms in total. The molecule has 4 heteroatoms. The van der Waals surface area contributed by atoms with Crippen LogP contribution in [0.25, 0.3) is 0 Å². The van der Waals surface area contributed by atoms with E-state index in [2.05, 4.69) is 23.3 Å². The van der Waals surface area contributed by atoms with E-state index >= 15 is 0 Å². The van der Waals surface area contributed by atoms with E-state index in [0.717, 1.165) is 13.0 Å². The lowest BCUT2D eigenvalue weighted by molar-refractivity contribution is -0.142. The molecule has 0 aliphatic rings. The zero-order valence-electron chi connectivity index (χ0n) is 10.8. The van der Waals surface area contributed by atoms with Gasteiger partial charge >= 0.3 is 5.97 Å². The zero-order valence-corrected chi connectivity index (χ0v) is 11.6. The van der Waals surface area contributed by atoms with Gasteiger partial charge in [0.25, 0.3) is 0 Å². The molecule has 1 rings (SSSR count). The van der Waals surface area contributed by atoms with Crippen molar-refractivity contribution >= 4 is 17.3 Å². The van der Waals surface area contributed by atoms with Gasteiger partial charge in [0.05, 0.1) is 5.92 Å². The molecule has 0 amide bonds. The van der Waals surface area contributed by atoms with Crippen LogP contribution in [0, 0.1) is 12.8 Å². The van der Waals surface area contributed by atoms with E-state index in [9.17, 15) is 4.79 Å². The molecule has 0 saturated heterocycles. The molecule has 1 aromatic heterocycles. The third-order valence-electron chi connectivity index (χ3n) is 3.06. The Morgan fingerprint density at radius 1 is 1.59 bits per heavy atom. The first kappa shape index (κ1) is 14.2. The molecule has 0 aliphatic heterocycles. The van der Waals surface area contributed by atoms with Crippen molar-refractivity contribution < 1.29 is 9.90 Å². The number of nitrogens with zero attached hydrogens (tertiary/aromatic N) is 1. The maximum absolute atomic E-state index is 10.9. The van der Waals surface area contributed by atoms with E-state index in [4.69, 9.17) is 5.11 Å². The highest BCUT2D eigenvalue weighted by atomic mass is 32.1. The third-order valence-corrected chi connectivity index (χ3v) is 4.15. The molecule has 0 saturated carbocycles. The Morgan fingerprint density at radius 2 is 2.29 bits per heavy atom. The monoisotopic (exact) mass is 255 g/mol. The van der Waals surface area contributed by atoms with Crippen LogP contribution in [-0.2, 0) is 11.2 Å². The van der Waals surface area contributed by atoms with Crippen molar-refractivity contribution in [3.05, 3.63) is 21.9 Å². The fraction of sp³-hybridized carbons (Fsp3) is 0.615. The Kier molecular flexibility index (Phi) is 5.65. The standard InChI is InChI=1S/C13H21NO2S/c1-4-11(13(15)16)9-14(3)7-5-12-10(2)6-8-17-12/h6,8,11H,4-5,7,9H2,1-3H3,(H,15,16). The van der Waals surface area contributed by atoms with E-state index in [1.165, 1.54) is 10.4 Å². The Hall–Kier alpha value is -0.870. The minimum absolute atomic E-state index is 0.246. The molecule has 1 heterocycles. The van der Waals surface area contributed by atoms with Crippen molar-refractivity contribution in [2.75, 3.05) is 20.1 Å². The van der Waals surface area contributed by atoms with Gasteiger partial charge in [0.1, 0.15) is 0 Å². The molecule has 1 aromatic rings. The summed E-state index contributed by atoms with van der Waals surface area (Å²) in [6, 6.07) is 2.13. The van der Waals surface area contributed by atoms with Crippen LogP contribution in [0.2, 0.25) is 0 Å². The van der Waals surface area contributed by atoms with Crippen LogP contribution in [0.1, 0.15) is 23.8 Å². The van der Waals surface area contributed by atoms with Crippen LogP contribution in [0.5, 0.6) is 0 Å². The van der Waals surface area contributed by atoms with Crippen molar-refractivity contribution in [3.63, 3.8) is 0 Å². The number of hydrogen-bond acceptors (Lipinski definition) is 3. The van der Waals surface area contributed by atoms with Crippen molar-refractivity contribution in [1.82, 2.24) is 4.90 Å². The van der Waals surface area contributed by atoms with E-state index in [-0.39, 0.29) is 5.92 Å². The Morgan fingerprint density at radius 3 is 2.76 bits per heavy atom. The van der Waals surface area contributed by atoms with Crippen LogP contribution < -0.4 is 0 Å². The molecule has 0 aromatic carbocycles. The van der Waals surface area contributed by atoms with Crippen molar-refractivity contribution in [3.8, 4) is 0 Å². The second-order valence-corrected chi connectivity index (χ2v) is 5.48. The first-order chi connectivity index (χ1) is 8.04. The molecule has 1 unspecified atom stereocenters. The van der Waals surface area contributed by atoms with Gasteiger partial charge in [0, 0.05) is 18.0 Å². The molecule has 0 aliphatic carbocycles. The topological polar surface area (TPSA) is 40.5 Å². The Labute approximate surface area is 107 Å². The van der Waals surface area contributed by atoms with Crippen LogP contribution in [0.4, 0.5) is 0 Å². The molecule has 0 bridgehead atoms. The highest BCUT2D eigenvalue weighted by Gasteiger charge is 2.17. The van der Waals surface area contributed by atoms with Crippen molar-refractivity contribution in [1.29, 1.82) is 0 Å². The normalized spacial score (nSPS) is 12.9. The first-order valence-corrected chi connectivity index (χ1v) is 6.86. The lowest BCUT2D eigenvalue weighted by Gasteiger charge is -2.20.